The second-order valence-electron chi connectivity index (χ2n) is 11.1. The molecule has 30 heavy (non-hydrogen) atoms. The minimum atomic E-state index is 0.700. The molecule has 0 radical (unpaired) electrons. The molecular formula is C28H44N2. The molecule has 0 bridgehead atoms. The molecule has 5 rings (SSSR count). The summed E-state index contributed by atoms with van der Waals surface area (Å²) in [6, 6.07) is 0. The van der Waals surface area contributed by atoms with Gasteiger partial charge in [-0.05, 0) is 51.4 Å². The fraction of sp³-hybridized carbons (Fsp3) is 0.857. The number of hydrogen-bond donors (Lipinski definition) is 0. The molecule has 4 aliphatic carbocycles. The summed E-state index contributed by atoms with van der Waals surface area (Å²) < 4.78 is 0. The molecule has 0 aliphatic heterocycles. The fourth-order valence-electron chi connectivity index (χ4n) is 7.19. The van der Waals surface area contributed by atoms with Crippen LogP contribution in [0.5, 0.6) is 0 Å². The van der Waals surface area contributed by atoms with Crippen molar-refractivity contribution in [3.05, 3.63) is 22.8 Å². The van der Waals surface area contributed by atoms with E-state index in [9.17, 15) is 0 Å². The minimum absolute atomic E-state index is 0.700. The van der Waals surface area contributed by atoms with Crippen molar-refractivity contribution in [3.8, 4) is 0 Å². The van der Waals surface area contributed by atoms with Crippen LogP contribution in [-0.2, 0) is 0 Å². The van der Waals surface area contributed by atoms with Gasteiger partial charge in [0.1, 0.15) is 0 Å². The Kier molecular flexibility index (Phi) is 7.08. The van der Waals surface area contributed by atoms with E-state index in [1.807, 2.05) is 0 Å². The molecule has 0 atom stereocenters. The van der Waals surface area contributed by atoms with Gasteiger partial charge in [0.05, 0.1) is 22.8 Å². The third kappa shape index (κ3) is 4.63. The molecule has 0 saturated heterocycles. The molecule has 0 N–H and O–H groups in total. The summed E-state index contributed by atoms with van der Waals surface area (Å²) in [5.41, 5.74) is 5.95. The van der Waals surface area contributed by atoms with E-state index >= 15 is 0 Å². The van der Waals surface area contributed by atoms with E-state index in [0.717, 1.165) is 0 Å². The SMILES string of the molecule is C1CCC(c2nc(C3CCCCC3)c(C3CCCCC3)nc2C2CCCCC2)CC1. The molecule has 4 aliphatic rings. The summed E-state index contributed by atoms with van der Waals surface area (Å²) in [4.78, 5) is 11.4. The summed E-state index contributed by atoms with van der Waals surface area (Å²) in [7, 11) is 0. The topological polar surface area (TPSA) is 25.8 Å². The van der Waals surface area contributed by atoms with Crippen molar-refractivity contribution in [3.63, 3.8) is 0 Å². The smallest absolute Gasteiger partial charge is 0.0656 e. The standard InChI is InChI=1S/C28H44N2/c1-5-13-21(14-6-1)25-26(22-15-7-2-8-16-22)30-28(24-19-11-4-12-20-24)27(29-25)23-17-9-3-10-18-23/h21-24H,1-20H2. The Hall–Kier alpha value is -0.920. The molecule has 0 aromatic carbocycles. The van der Waals surface area contributed by atoms with E-state index < -0.39 is 0 Å². The van der Waals surface area contributed by atoms with Gasteiger partial charge in [-0.2, -0.15) is 0 Å². The summed E-state index contributed by atoms with van der Waals surface area (Å²) >= 11 is 0. The van der Waals surface area contributed by atoms with Crippen LogP contribution < -0.4 is 0 Å². The van der Waals surface area contributed by atoms with Crippen molar-refractivity contribution in [2.75, 3.05) is 0 Å². The first-order chi connectivity index (χ1) is 14.9. The predicted molar refractivity (Wildman–Crippen MR) is 125 cm³/mol. The van der Waals surface area contributed by atoms with Gasteiger partial charge in [-0.25, -0.2) is 0 Å². The van der Waals surface area contributed by atoms with Crippen molar-refractivity contribution in [2.45, 2.75) is 152 Å². The van der Waals surface area contributed by atoms with E-state index in [-0.39, 0.29) is 0 Å². The molecule has 1 aromatic rings. The Morgan fingerprint density at radius 2 is 0.500 bits per heavy atom. The molecule has 0 amide bonds. The zero-order chi connectivity index (χ0) is 20.2. The van der Waals surface area contributed by atoms with E-state index in [0.29, 0.717) is 23.7 Å². The van der Waals surface area contributed by atoms with Crippen LogP contribution >= 0.6 is 0 Å². The van der Waals surface area contributed by atoms with E-state index in [4.69, 9.17) is 9.97 Å². The Balaban J connectivity index is 1.57. The Morgan fingerprint density at radius 1 is 0.300 bits per heavy atom. The highest BCUT2D eigenvalue weighted by atomic mass is 14.9. The minimum Gasteiger partial charge on any atom is -0.253 e. The van der Waals surface area contributed by atoms with Gasteiger partial charge in [0.2, 0.25) is 0 Å². The van der Waals surface area contributed by atoms with Gasteiger partial charge in [0, 0.05) is 23.7 Å². The Bertz CT molecular complexity index is 558. The normalized spacial score (nSPS) is 26.1. The van der Waals surface area contributed by atoms with Crippen molar-refractivity contribution in [1.29, 1.82) is 0 Å². The van der Waals surface area contributed by atoms with Crippen molar-refractivity contribution in [2.24, 2.45) is 0 Å². The Labute approximate surface area is 185 Å². The zero-order valence-electron chi connectivity index (χ0n) is 19.3. The van der Waals surface area contributed by atoms with Gasteiger partial charge in [0.25, 0.3) is 0 Å². The maximum atomic E-state index is 5.71. The van der Waals surface area contributed by atoms with E-state index in [1.54, 1.807) is 0 Å². The van der Waals surface area contributed by atoms with Gasteiger partial charge >= 0.3 is 0 Å². The van der Waals surface area contributed by atoms with Gasteiger partial charge in [-0.1, -0.05) is 77.0 Å². The van der Waals surface area contributed by atoms with Crippen molar-refractivity contribution in [1.82, 2.24) is 9.97 Å². The third-order valence-corrected chi connectivity index (χ3v) is 8.97. The van der Waals surface area contributed by atoms with Crippen LogP contribution in [-0.4, -0.2) is 9.97 Å². The summed E-state index contributed by atoms with van der Waals surface area (Å²) in [5.74, 6) is 2.80. The second kappa shape index (κ2) is 10.1. The summed E-state index contributed by atoms with van der Waals surface area (Å²) in [6.07, 6.45) is 27.8. The largest absolute Gasteiger partial charge is 0.253 e. The van der Waals surface area contributed by atoms with Gasteiger partial charge < -0.3 is 0 Å². The predicted octanol–water partition coefficient (Wildman–Crippen LogP) is 8.67. The maximum absolute atomic E-state index is 5.71. The highest BCUT2D eigenvalue weighted by Crippen LogP contribution is 2.44. The fourth-order valence-corrected chi connectivity index (χ4v) is 7.19. The lowest BCUT2D eigenvalue weighted by atomic mass is 9.77. The van der Waals surface area contributed by atoms with Gasteiger partial charge in [-0.3, -0.25) is 9.97 Å². The molecule has 2 nitrogen and oxygen atoms in total. The first kappa shape index (κ1) is 21.0. The molecule has 1 aromatic heterocycles. The number of rotatable bonds is 4. The van der Waals surface area contributed by atoms with E-state index in [2.05, 4.69) is 0 Å². The van der Waals surface area contributed by atoms with Crippen LogP contribution in [0.2, 0.25) is 0 Å². The second-order valence-corrected chi connectivity index (χ2v) is 11.1. The highest BCUT2D eigenvalue weighted by molar-refractivity contribution is 5.31. The molecule has 4 saturated carbocycles. The van der Waals surface area contributed by atoms with Gasteiger partial charge in [-0.15, -0.1) is 0 Å². The van der Waals surface area contributed by atoms with Crippen molar-refractivity contribution >= 4 is 0 Å². The van der Waals surface area contributed by atoms with Crippen LogP contribution in [0.25, 0.3) is 0 Å². The molecule has 0 unspecified atom stereocenters. The van der Waals surface area contributed by atoms with Gasteiger partial charge in [0.15, 0.2) is 0 Å². The lowest BCUT2D eigenvalue weighted by Gasteiger charge is -2.33. The number of nitrogens with zero attached hydrogens (tertiary/aromatic N) is 2. The number of aromatic nitrogens is 2. The van der Waals surface area contributed by atoms with Crippen LogP contribution in [0, 0.1) is 0 Å². The van der Waals surface area contributed by atoms with Crippen LogP contribution in [0.1, 0.15) is 175 Å². The summed E-state index contributed by atoms with van der Waals surface area (Å²) in [5, 5.41) is 0. The van der Waals surface area contributed by atoms with E-state index in [1.165, 1.54) is 151 Å². The zero-order valence-corrected chi connectivity index (χ0v) is 19.3. The average molecular weight is 409 g/mol. The lowest BCUT2D eigenvalue weighted by molar-refractivity contribution is 0.382. The quantitative estimate of drug-likeness (QED) is 0.498. The molecule has 0 spiro atoms. The maximum Gasteiger partial charge on any atom is 0.0656 e. The molecule has 2 heteroatoms. The monoisotopic (exact) mass is 408 g/mol. The first-order valence-corrected chi connectivity index (χ1v) is 13.8. The third-order valence-electron chi connectivity index (χ3n) is 8.97. The average Bonchev–Trinajstić information content (AvgIpc) is 2.85. The Morgan fingerprint density at radius 3 is 0.700 bits per heavy atom. The lowest BCUT2D eigenvalue weighted by Crippen LogP contribution is -2.23. The van der Waals surface area contributed by atoms with Crippen molar-refractivity contribution < 1.29 is 0 Å². The van der Waals surface area contributed by atoms with Crippen LogP contribution in [0.3, 0.4) is 0 Å². The number of hydrogen-bond acceptors (Lipinski definition) is 2. The highest BCUT2D eigenvalue weighted by Gasteiger charge is 2.32. The molecule has 1 heterocycles. The molecular weight excluding hydrogens is 364 g/mol. The van der Waals surface area contributed by atoms with Crippen LogP contribution in [0.15, 0.2) is 0 Å². The first-order valence-electron chi connectivity index (χ1n) is 13.8. The molecule has 4 fully saturated rings. The summed E-state index contributed by atoms with van der Waals surface area (Å²) in [6.45, 7) is 0. The van der Waals surface area contributed by atoms with Crippen LogP contribution in [0.4, 0.5) is 0 Å². The molecule has 166 valence electrons.